The van der Waals surface area contributed by atoms with Gasteiger partial charge in [0.05, 0.1) is 14.7 Å². The Hall–Kier alpha value is -1.34. The molecule has 1 heterocycles. The maximum absolute atomic E-state index is 11.4. The second kappa shape index (κ2) is 5.11. The molecule has 0 fully saturated rings. The minimum absolute atomic E-state index is 0.204. The van der Waals surface area contributed by atoms with Gasteiger partial charge in [-0.2, -0.15) is 0 Å². The smallest absolute Gasteiger partial charge is 0.321 e. The molecule has 5 nitrogen and oxygen atoms in total. The zero-order valence-electron chi connectivity index (χ0n) is 9.87. The van der Waals surface area contributed by atoms with Crippen LogP contribution in [0.3, 0.4) is 0 Å². The summed E-state index contributed by atoms with van der Waals surface area (Å²) in [6.45, 7) is 4.22. The standard InChI is InChI=1S/C11H12BrN3O2S/c1-3-13-10(17)15-11-14-7-4-6(12)8(16)5(2)9(7)18-11/h4,16H,3H2,1-2H3,(H2,13,14,15,17). The Morgan fingerprint density at radius 3 is 3.00 bits per heavy atom. The number of anilines is 1. The number of amides is 2. The van der Waals surface area contributed by atoms with Crippen LogP contribution in [0.2, 0.25) is 0 Å². The lowest BCUT2D eigenvalue weighted by molar-refractivity contribution is 0.252. The fraction of sp³-hybridized carbons (Fsp3) is 0.273. The van der Waals surface area contributed by atoms with E-state index in [0.717, 1.165) is 15.8 Å². The van der Waals surface area contributed by atoms with Crippen molar-refractivity contribution in [2.45, 2.75) is 13.8 Å². The summed E-state index contributed by atoms with van der Waals surface area (Å²) in [5.74, 6) is 0.204. The number of aromatic nitrogens is 1. The van der Waals surface area contributed by atoms with Gasteiger partial charge in [0.2, 0.25) is 0 Å². The third kappa shape index (κ3) is 2.41. The van der Waals surface area contributed by atoms with E-state index in [2.05, 4.69) is 31.5 Å². The van der Waals surface area contributed by atoms with Crippen LogP contribution < -0.4 is 10.6 Å². The van der Waals surface area contributed by atoms with Crippen LogP contribution in [0.1, 0.15) is 12.5 Å². The molecule has 7 heteroatoms. The normalized spacial score (nSPS) is 10.6. The SMILES string of the molecule is CCNC(=O)Nc1nc2cc(Br)c(O)c(C)c2s1. The molecular formula is C11H12BrN3O2S. The third-order valence-corrected chi connectivity index (χ3v) is 4.11. The van der Waals surface area contributed by atoms with Gasteiger partial charge >= 0.3 is 6.03 Å². The highest BCUT2D eigenvalue weighted by atomic mass is 79.9. The Balaban J connectivity index is 2.39. The molecule has 0 spiro atoms. The Kier molecular flexibility index (Phi) is 3.72. The van der Waals surface area contributed by atoms with Crippen LogP contribution in [0.4, 0.5) is 9.93 Å². The van der Waals surface area contributed by atoms with Crippen molar-refractivity contribution in [3.63, 3.8) is 0 Å². The molecule has 0 radical (unpaired) electrons. The van der Waals surface area contributed by atoms with E-state index < -0.39 is 0 Å². The summed E-state index contributed by atoms with van der Waals surface area (Å²) in [4.78, 5) is 15.7. The van der Waals surface area contributed by atoms with Crippen molar-refractivity contribution in [3.8, 4) is 5.75 Å². The molecule has 96 valence electrons. The van der Waals surface area contributed by atoms with Crippen LogP contribution in [0.15, 0.2) is 10.5 Å². The third-order valence-electron chi connectivity index (χ3n) is 2.40. The van der Waals surface area contributed by atoms with Crippen LogP contribution in [0.25, 0.3) is 10.2 Å². The molecule has 0 bridgehead atoms. The van der Waals surface area contributed by atoms with Crippen molar-refractivity contribution in [1.29, 1.82) is 0 Å². The lowest BCUT2D eigenvalue weighted by Gasteiger charge is -2.01. The fourth-order valence-corrected chi connectivity index (χ4v) is 2.98. The second-order valence-corrected chi connectivity index (χ2v) is 5.54. The Bertz CT molecular complexity index is 612. The van der Waals surface area contributed by atoms with Gasteiger partial charge in [-0.05, 0) is 35.8 Å². The van der Waals surface area contributed by atoms with E-state index >= 15 is 0 Å². The van der Waals surface area contributed by atoms with Gasteiger partial charge in [0.25, 0.3) is 0 Å². The number of phenols is 1. The van der Waals surface area contributed by atoms with Gasteiger partial charge in [-0.1, -0.05) is 11.3 Å². The largest absolute Gasteiger partial charge is 0.506 e. The predicted octanol–water partition coefficient (Wildman–Crippen LogP) is 3.21. The van der Waals surface area contributed by atoms with Crippen molar-refractivity contribution in [1.82, 2.24) is 10.3 Å². The molecule has 0 saturated heterocycles. The van der Waals surface area contributed by atoms with Crippen LogP contribution in [0.5, 0.6) is 5.75 Å². The van der Waals surface area contributed by atoms with Crippen LogP contribution in [-0.2, 0) is 0 Å². The number of halogens is 1. The molecule has 0 aliphatic carbocycles. The number of nitrogens with one attached hydrogen (secondary N) is 2. The van der Waals surface area contributed by atoms with Gasteiger partial charge in [0.1, 0.15) is 5.75 Å². The molecule has 0 unspecified atom stereocenters. The lowest BCUT2D eigenvalue weighted by atomic mass is 10.2. The van der Waals surface area contributed by atoms with Crippen molar-refractivity contribution in [3.05, 3.63) is 16.1 Å². The predicted molar refractivity (Wildman–Crippen MR) is 76.4 cm³/mol. The number of aryl methyl sites for hydroxylation is 1. The number of hydrogen-bond acceptors (Lipinski definition) is 4. The lowest BCUT2D eigenvalue weighted by Crippen LogP contribution is -2.28. The number of thiazole rings is 1. The van der Waals surface area contributed by atoms with Gasteiger partial charge < -0.3 is 10.4 Å². The number of urea groups is 1. The number of carbonyl (C=O) groups is 1. The zero-order valence-corrected chi connectivity index (χ0v) is 12.3. The maximum atomic E-state index is 11.4. The highest BCUT2D eigenvalue weighted by Crippen LogP contribution is 2.38. The molecule has 2 rings (SSSR count). The van der Waals surface area contributed by atoms with Gasteiger partial charge in [0, 0.05) is 12.1 Å². The summed E-state index contributed by atoms with van der Waals surface area (Å²) in [6, 6.07) is 1.45. The number of benzene rings is 1. The van der Waals surface area contributed by atoms with E-state index in [1.54, 1.807) is 6.07 Å². The highest BCUT2D eigenvalue weighted by molar-refractivity contribution is 9.10. The van der Waals surface area contributed by atoms with Crippen molar-refractivity contribution < 1.29 is 9.90 Å². The van der Waals surface area contributed by atoms with E-state index in [-0.39, 0.29) is 11.8 Å². The molecule has 18 heavy (non-hydrogen) atoms. The van der Waals surface area contributed by atoms with Crippen molar-refractivity contribution in [2.24, 2.45) is 0 Å². The number of carbonyl (C=O) groups excluding carboxylic acids is 1. The average molecular weight is 330 g/mol. The molecule has 2 amide bonds. The first-order chi connectivity index (χ1) is 8.52. The summed E-state index contributed by atoms with van der Waals surface area (Å²) < 4.78 is 1.46. The molecule has 0 aliphatic rings. The van der Waals surface area contributed by atoms with E-state index in [0.29, 0.717) is 16.1 Å². The molecular weight excluding hydrogens is 318 g/mol. The van der Waals surface area contributed by atoms with Crippen molar-refractivity contribution in [2.75, 3.05) is 11.9 Å². The van der Waals surface area contributed by atoms with Crippen molar-refractivity contribution >= 4 is 48.6 Å². The molecule has 0 saturated carbocycles. The van der Waals surface area contributed by atoms with Gasteiger partial charge in [0.15, 0.2) is 5.13 Å². The Morgan fingerprint density at radius 1 is 1.61 bits per heavy atom. The first-order valence-electron chi connectivity index (χ1n) is 5.36. The zero-order chi connectivity index (χ0) is 13.3. The molecule has 0 atom stereocenters. The summed E-state index contributed by atoms with van der Waals surface area (Å²) in [5, 5.41) is 15.6. The first-order valence-corrected chi connectivity index (χ1v) is 6.97. The first kappa shape index (κ1) is 13.1. The minimum Gasteiger partial charge on any atom is -0.506 e. The Morgan fingerprint density at radius 2 is 2.33 bits per heavy atom. The summed E-state index contributed by atoms with van der Waals surface area (Å²) in [6.07, 6.45) is 0. The highest BCUT2D eigenvalue weighted by Gasteiger charge is 2.13. The van der Waals surface area contributed by atoms with Crippen LogP contribution in [-0.4, -0.2) is 22.7 Å². The van der Waals surface area contributed by atoms with Gasteiger partial charge in [-0.15, -0.1) is 0 Å². The fourth-order valence-electron chi connectivity index (χ4n) is 1.53. The quantitative estimate of drug-likeness (QED) is 0.791. The summed E-state index contributed by atoms with van der Waals surface area (Å²) in [5.41, 5.74) is 1.50. The number of phenolic OH excluding ortho intramolecular Hbond substituents is 1. The molecule has 2 aromatic rings. The van der Waals surface area contributed by atoms with Crippen LogP contribution >= 0.6 is 27.3 Å². The maximum Gasteiger partial charge on any atom is 0.321 e. The topological polar surface area (TPSA) is 74.2 Å². The summed E-state index contributed by atoms with van der Waals surface area (Å²) in [7, 11) is 0. The molecule has 1 aromatic heterocycles. The monoisotopic (exact) mass is 329 g/mol. The number of rotatable bonds is 2. The minimum atomic E-state index is -0.280. The second-order valence-electron chi connectivity index (χ2n) is 3.68. The number of hydrogen-bond donors (Lipinski definition) is 3. The van der Waals surface area contributed by atoms with Crippen LogP contribution in [0, 0.1) is 6.92 Å². The number of nitrogens with zero attached hydrogens (tertiary/aromatic N) is 1. The molecule has 3 N–H and O–H groups in total. The number of fused-ring (bicyclic) bond motifs is 1. The molecule has 1 aromatic carbocycles. The van der Waals surface area contributed by atoms with E-state index in [1.165, 1.54) is 11.3 Å². The number of aromatic hydroxyl groups is 1. The van der Waals surface area contributed by atoms with E-state index in [9.17, 15) is 9.90 Å². The average Bonchev–Trinajstić information content (AvgIpc) is 2.69. The van der Waals surface area contributed by atoms with E-state index in [4.69, 9.17) is 0 Å². The van der Waals surface area contributed by atoms with Gasteiger partial charge in [-0.25, -0.2) is 9.78 Å². The summed E-state index contributed by atoms with van der Waals surface area (Å²) >= 11 is 4.60. The molecule has 0 aliphatic heterocycles. The Labute approximate surface area is 116 Å². The van der Waals surface area contributed by atoms with Gasteiger partial charge in [-0.3, -0.25) is 5.32 Å². The van der Waals surface area contributed by atoms with E-state index in [1.807, 2.05) is 13.8 Å².